The number of carbonyl (C=O) groups is 1. The highest BCUT2D eigenvalue weighted by Crippen LogP contribution is 2.32. The van der Waals surface area contributed by atoms with Crippen molar-refractivity contribution in [2.75, 3.05) is 5.32 Å². The Hall–Kier alpha value is -2.41. The largest absolute Gasteiger partial charge is 0.477 e. The van der Waals surface area contributed by atoms with Crippen molar-refractivity contribution in [2.24, 2.45) is 0 Å². The second-order valence-corrected chi connectivity index (χ2v) is 5.32. The minimum Gasteiger partial charge on any atom is -0.477 e. The van der Waals surface area contributed by atoms with Gasteiger partial charge in [0.1, 0.15) is 11.3 Å². The number of para-hydroxylation sites is 1. The SMILES string of the molecule is Cc1cc(Br)cc(Nc2cccc(C(=O)O)c2[N+](=O)[O-])c1. The summed E-state index contributed by atoms with van der Waals surface area (Å²) in [7, 11) is 0. The molecule has 2 N–H and O–H groups in total. The second-order valence-electron chi connectivity index (χ2n) is 4.41. The lowest BCUT2D eigenvalue weighted by Gasteiger charge is -2.10. The van der Waals surface area contributed by atoms with Crippen LogP contribution in [0.15, 0.2) is 40.9 Å². The van der Waals surface area contributed by atoms with E-state index in [1.54, 1.807) is 6.07 Å². The number of carboxylic acid groups (broad SMARTS) is 1. The van der Waals surface area contributed by atoms with Crippen molar-refractivity contribution in [2.45, 2.75) is 6.92 Å². The van der Waals surface area contributed by atoms with Crippen molar-refractivity contribution < 1.29 is 14.8 Å². The summed E-state index contributed by atoms with van der Waals surface area (Å²) in [6.45, 7) is 1.89. The van der Waals surface area contributed by atoms with Crippen LogP contribution in [0.3, 0.4) is 0 Å². The average molecular weight is 351 g/mol. The molecule has 0 aliphatic carbocycles. The summed E-state index contributed by atoms with van der Waals surface area (Å²) in [4.78, 5) is 21.6. The molecule has 0 unspecified atom stereocenters. The second kappa shape index (κ2) is 5.92. The number of aryl methyl sites for hydroxylation is 1. The van der Waals surface area contributed by atoms with Crippen LogP contribution in [0.5, 0.6) is 0 Å². The summed E-state index contributed by atoms with van der Waals surface area (Å²) in [5.74, 6) is -1.34. The predicted molar refractivity (Wildman–Crippen MR) is 82.2 cm³/mol. The Bertz CT molecular complexity index is 711. The molecule has 0 radical (unpaired) electrons. The Morgan fingerprint density at radius 2 is 2.05 bits per heavy atom. The van der Waals surface area contributed by atoms with Crippen molar-refractivity contribution in [1.29, 1.82) is 0 Å². The molecule has 0 saturated carbocycles. The molecule has 21 heavy (non-hydrogen) atoms. The predicted octanol–water partition coefficient (Wildman–Crippen LogP) is 4.11. The number of benzene rings is 2. The van der Waals surface area contributed by atoms with Crippen LogP contribution in [0, 0.1) is 17.0 Å². The van der Waals surface area contributed by atoms with Crippen molar-refractivity contribution in [3.63, 3.8) is 0 Å². The number of rotatable bonds is 4. The lowest BCUT2D eigenvalue weighted by atomic mass is 10.1. The fourth-order valence-electron chi connectivity index (χ4n) is 1.98. The van der Waals surface area contributed by atoms with Gasteiger partial charge in [-0.05, 0) is 42.8 Å². The molecular formula is C14H11BrN2O4. The van der Waals surface area contributed by atoms with Crippen LogP contribution >= 0.6 is 15.9 Å². The third kappa shape index (κ3) is 3.38. The molecule has 2 rings (SSSR count). The summed E-state index contributed by atoms with van der Waals surface area (Å²) in [5, 5.41) is 23.1. The van der Waals surface area contributed by atoms with Crippen LogP contribution in [-0.2, 0) is 0 Å². The molecule has 0 amide bonds. The maximum absolute atomic E-state index is 11.2. The van der Waals surface area contributed by atoms with Crippen LogP contribution in [-0.4, -0.2) is 16.0 Å². The standard InChI is InChI=1S/C14H11BrN2O4/c1-8-5-9(15)7-10(6-8)16-12-4-2-3-11(14(18)19)13(12)17(20)21/h2-7,16H,1H3,(H,18,19). The van der Waals surface area contributed by atoms with Gasteiger partial charge in [0.25, 0.3) is 0 Å². The summed E-state index contributed by atoms with van der Waals surface area (Å²) in [6, 6.07) is 9.60. The Labute approximate surface area is 128 Å². The van der Waals surface area contributed by atoms with E-state index in [1.807, 2.05) is 19.1 Å². The van der Waals surface area contributed by atoms with E-state index in [1.165, 1.54) is 18.2 Å². The van der Waals surface area contributed by atoms with Gasteiger partial charge in [-0.1, -0.05) is 22.0 Å². The molecule has 0 spiro atoms. The van der Waals surface area contributed by atoms with Crippen LogP contribution < -0.4 is 5.32 Å². The highest BCUT2D eigenvalue weighted by atomic mass is 79.9. The molecule has 108 valence electrons. The fraction of sp³-hybridized carbons (Fsp3) is 0.0714. The first-order chi connectivity index (χ1) is 9.88. The summed E-state index contributed by atoms with van der Waals surface area (Å²) < 4.78 is 0.821. The number of halogens is 1. The minimum atomic E-state index is -1.34. The van der Waals surface area contributed by atoms with Gasteiger partial charge in [-0.15, -0.1) is 0 Å². The number of nitro benzene ring substituents is 1. The number of nitrogens with zero attached hydrogens (tertiary/aromatic N) is 1. The molecule has 7 heteroatoms. The topological polar surface area (TPSA) is 92.5 Å². The van der Waals surface area contributed by atoms with E-state index >= 15 is 0 Å². The molecule has 2 aromatic rings. The van der Waals surface area contributed by atoms with Crippen molar-refractivity contribution in [3.05, 3.63) is 62.1 Å². The normalized spacial score (nSPS) is 10.2. The van der Waals surface area contributed by atoms with Gasteiger partial charge in [0, 0.05) is 10.2 Å². The third-order valence-corrected chi connectivity index (χ3v) is 3.23. The van der Waals surface area contributed by atoms with Crippen LogP contribution in [0.2, 0.25) is 0 Å². The third-order valence-electron chi connectivity index (χ3n) is 2.77. The maximum Gasteiger partial charge on any atom is 0.342 e. The first-order valence-electron chi connectivity index (χ1n) is 5.93. The van der Waals surface area contributed by atoms with Gasteiger partial charge in [0.15, 0.2) is 0 Å². The number of carboxylic acids is 1. The number of nitro groups is 1. The maximum atomic E-state index is 11.2. The molecule has 0 saturated heterocycles. The number of hydrogen-bond acceptors (Lipinski definition) is 4. The molecular weight excluding hydrogens is 340 g/mol. The van der Waals surface area contributed by atoms with E-state index in [0.29, 0.717) is 5.69 Å². The minimum absolute atomic E-state index is 0.136. The van der Waals surface area contributed by atoms with Gasteiger partial charge < -0.3 is 10.4 Å². The van der Waals surface area contributed by atoms with Gasteiger partial charge in [-0.3, -0.25) is 10.1 Å². The summed E-state index contributed by atoms with van der Waals surface area (Å²) >= 11 is 3.34. The van der Waals surface area contributed by atoms with Gasteiger partial charge in [0.05, 0.1) is 4.92 Å². The van der Waals surface area contributed by atoms with Crippen LogP contribution in [0.1, 0.15) is 15.9 Å². The van der Waals surface area contributed by atoms with E-state index in [4.69, 9.17) is 5.11 Å². The van der Waals surface area contributed by atoms with Crippen molar-refractivity contribution in [3.8, 4) is 0 Å². The first kappa shape index (κ1) is 15.0. The smallest absolute Gasteiger partial charge is 0.342 e. The zero-order chi connectivity index (χ0) is 15.6. The highest BCUT2D eigenvalue weighted by Gasteiger charge is 2.24. The Balaban J connectivity index is 2.51. The first-order valence-corrected chi connectivity index (χ1v) is 6.72. The van der Waals surface area contributed by atoms with E-state index in [2.05, 4.69) is 21.2 Å². The molecule has 0 bridgehead atoms. The monoisotopic (exact) mass is 350 g/mol. The molecule has 0 heterocycles. The highest BCUT2D eigenvalue weighted by molar-refractivity contribution is 9.10. The summed E-state index contributed by atoms with van der Waals surface area (Å²) in [5.41, 5.74) is 0.924. The van der Waals surface area contributed by atoms with E-state index in [9.17, 15) is 14.9 Å². The van der Waals surface area contributed by atoms with E-state index in [-0.39, 0.29) is 11.3 Å². The Kier molecular flexibility index (Phi) is 4.23. The van der Waals surface area contributed by atoms with Gasteiger partial charge >= 0.3 is 11.7 Å². The van der Waals surface area contributed by atoms with Crippen molar-refractivity contribution >= 4 is 39.0 Å². The molecule has 6 nitrogen and oxygen atoms in total. The molecule has 0 atom stereocenters. The average Bonchev–Trinajstić information content (AvgIpc) is 2.36. The molecule has 0 aliphatic heterocycles. The Morgan fingerprint density at radius 1 is 1.33 bits per heavy atom. The van der Waals surface area contributed by atoms with E-state index in [0.717, 1.165) is 10.0 Å². The molecule has 0 aliphatic rings. The van der Waals surface area contributed by atoms with Gasteiger partial charge in [0.2, 0.25) is 0 Å². The lowest BCUT2D eigenvalue weighted by molar-refractivity contribution is -0.384. The summed E-state index contributed by atoms with van der Waals surface area (Å²) in [6.07, 6.45) is 0. The number of nitrogens with one attached hydrogen (secondary N) is 1. The van der Waals surface area contributed by atoms with Gasteiger partial charge in [-0.2, -0.15) is 0 Å². The van der Waals surface area contributed by atoms with Crippen molar-refractivity contribution in [1.82, 2.24) is 0 Å². The lowest BCUT2D eigenvalue weighted by Crippen LogP contribution is -2.05. The molecule has 2 aromatic carbocycles. The number of aromatic carboxylic acids is 1. The Morgan fingerprint density at radius 3 is 2.62 bits per heavy atom. The van der Waals surface area contributed by atoms with Gasteiger partial charge in [-0.25, -0.2) is 4.79 Å². The van der Waals surface area contributed by atoms with Crippen LogP contribution in [0.4, 0.5) is 17.1 Å². The quantitative estimate of drug-likeness (QED) is 0.639. The van der Waals surface area contributed by atoms with Crippen LogP contribution in [0.25, 0.3) is 0 Å². The zero-order valence-electron chi connectivity index (χ0n) is 11.0. The zero-order valence-corrected chi connectivity index (χ0v) is 12.5. The molecule has 0 fully saturated rings. The number of hydrogen-bond donors (Lipinski definition) is 2. The fourth-order valence-corrected chi connectivity index (χ4v) is 2.59. The van der Waals surface area contributed by atoms with E-state index < -0.39 is 16.6 Å². The molecule has 0 aromatic heterocycles. The number of anilines is 2.